The maximum atomic E-state index is 10.5. The fourth-order valence-electron chi connectivity index (χ4n) is 3.32. The van der Waals surface area contributed by atoms with E-state index in [9.17, 15) is 4.57 Å². The molecule has 0 saturated heterocycles. The number of phosphoric acid groups is 1. The summed E-state index contributed by atoms with van der Waals surface area (Å²) in [7, 11) is -4.57. The fourth-order valence-corrected chi connectivity index (χ4v) is 9.96. The van der Waals surface area contributed by atoms with Crippen LogP contribution in [0.1, 0.15) is 92.9 Å². The molecule has 4 nitrogen and oxygen atoms in total. The van der Waals surface area contributed by atoms with E-state index in [4.69, 9.17) is 4.89 Å². The third-order valence-electron chi connectivity index (χ3n) is 4.83. The predicted molar refractivity (Wildman–Crippen MR) is 120 cm³/mol. The van der Waals surface area contributed by atoms with Gasteiger partial charge >= 0.3 is 119 Å². The van der Waals surface area contributed by atoms with Gasteiger partial charge in [-0.3, -0.25) is 9.05 Å². The molecule has 0 heterocycles. The first kappa shape index (κ1) is 28.7. The van der Waals surface area contributed by atoms with Gasteiger partial charge in [0.2, 0.25) is 0 Å². The van der Waals surface area contributed by atoms with Gasteiger partial charge < -0.3 is 4.89 Å². The van der Waals surface area contributed by atoms with E-state index in [2.05, 4.69) is 36.7 Å². The molecule has 0 saturated carbocycles. The van der Waals surface area contributed by atoms with Crippen molar-refractivity contribution >= 4 is 15.1 Å². The summed E-state index contributed by atoms with van der Waals surface area (Å²) in [6.45, 7) is 13.1. The Morgan fingerprint density at radius 3 is 1.12 bits per heavy atom. The first-order valence-corrected chi connectivity index (χ1v) is 15.3. The Morgan fingerprint density at radius 2 is 0.923 bits per heavy atom. The van der Waals surface area contributed by atoms with E-state index in [1.54, 1.807) is 38.5 Å². The average molecular weight is 415 g/mol. The van der Waals surface area contributed by atoms with Gasteiger partial charge in [-0.25, -0.2) is 4.57 Å². The molecule has 0 fully saturated rings. The fraction of sp³-hybridized carbons (Fsp3) is 1.00. The second-order valence-corrected chi connectivity index (χ2v) is 13.7. The van der Waals surface area contributed by atoms with Crippen LogP contribution in [0.2, 0.25) is 0 Å². The molecule has 0 rings (SSSR count). The molecule has 6 heteroatoms. The van der Waals surface area contributed by atoms with Crippen molar-refractivity contribution in [1.29, 1.82) is 0 Å². The van der Waals surface area contributed by atoms with Crippen LogP contribution >= 0.6 is 15.1 Å². The number of hydrogen-bond donors (Lipinski definition) is 1. The van der Waals surface area contributed by atoms with Crippen molar-refractivity contribution in [3.63, 3.8) is 0 Å². The second-order valence-electron chi connectivity index (χ2n) is 7.22. The van der Waals surface area contributed by atoms with Crippen molar-refractivity contribution in [3.05, 3.63) is 0 Å². The van der Waals surface area contributed by atoms with Gasteiger partial charge in [0.05, 0.1) is 13.2 Å². The Morgan fingerprint density at radius 1 is 0.654 bits per heavy atom. The van der Waals surface area contributed by atoms with Gasteiger partial charge in [-0.2, -0.15) is 0 Å². The Bertz CT molecular complexity index is 290. The topological polar surface area (TPSA) is 55.8 Å². The summed E-state index contributed by atoms with van der Waals surface area (Å²) in [5.41, 5.74) is 0. The smallest absolute Gasteiger partial charge is 0.302 e. The van der Waals surface area contributed by atoms with Crippen LogP contribution in [0.25, 0.3) is 0 Å². The Kier molecular flexibility index (Phi) is 20.9. The molecule has 0 aliphatic carbocycles. The molecule has 162 valence electrons. The molecule has 0 unspecified atom stereocenters. The minimum absolute atomic E-state index is 0.188. The van der Waals surface area contributed by atoms with Crippen LogP contribution in [0.4, 0.5) is 0 Å². The maximum Gasteiger partial charge on any atom is 0.472 e. The molecule has 0 spiro atoms. The minimum Gasteiger partial charge on any atom is -0.302 e. The predicted octanol–water partition coefficient (Wildman–Crippen LogP) is 7.10. The van der Waals surface area contributed by atoms with Crippen LogP contribution in [-0.4, -0.2) is 42.8 Å². The molecule has 0 aromatic heterocycles. The molecule has 1 N–H and O–H groups in total. The number of unbranched alkanes of at least 4 members (excludes halogenated alkanes) is 4. The zero-order valence-corrected chi connectivity index (χ0v) is 20.4. The van der Waals surface area contributed by atoms with Crippen LogP contribution < -0.4 is 0 Å². The first-order chi connectivity index (χ1) is 12.4. The molecule has 0 aliphatic rings. The largest absolute Gasteiger partial charge is 0.472 e. The van der Waals surface area contributed by atoms with Crippen LogP contribution in [0.3, 0.4) is 0 Å². The van der Waals surface area contributed by atoms with Gasteiger partial charge in [-0.15, -0.1) is 0 Å². The quantitative estimate of drug-likeness (QED) is 0.274. The molecule has 0 bridgehead atoms. The van der Waals surface area contributed by atoms with E-state index in [-0.39, 0.29) is 13.2 Å². The van der Waals surface area contributed by atoms with Crippen LogP contribution in [-0.2, 0) is 13.6 Å². The Labute approximate surface area is 164 Å². The SMILES string of the molecule is CCCC[PH](CCCC)(CCCC)CCCC.CCOP(=O)(O)OCC. The molecule has 0 amide bonds. The van der Waals surface area contributed by atoms with Gasteiger partial charge in [0.15, 0.2) is 0 Å². The Balaban J connectivity index is 0. The van der Waals surface area contributed by atoms with E-state index in [1.165, 1.54) is 51.4 Å². The first-order valence-electron chi connectivity index (χ1n) is 11.0. The third kappa shape index (κ3) is 16.7. The van der Waals surface area contributed by atoms with Gasteiger partial charge in [0.25, 0.3) is 0 Å². The van der Waals surface area contributed by atoms with Crippen molar-refractivity contribution < 1.29 is 18.5 Å². The van der Waals surface area contributed by atoms with Gasteiger partial charge in [-0.1, -0.05) is 0 Å². The van der Waals surface area contributed by atoms with E-state index in [0.717, 1.165) is 0 Å². The molecule has 0 atom stereocenters. The van der Waals surface area contributed by atoms with Gasteiger partial charge in [-0.05, 0) is 13.8 Å². The zero-order valence-electron chi connectivity index (χ0n) is 18.5. The number of hydrogen-bond acceptors (Lipinski definition) is 3. The normalized spacial score (nSPS) is 12.6. The second kappa shape index (κ2) is 18.9. The summed E-state index contributed by atoms with van der Waals surface area (Å²) in [5.74, 6) is 0. The van der Waals surface area contributed by atoms with Crippen molar-refractivity contribution in [2.24, 2.45) is 0 Å². The average Bonchev–Trinajstić information content (AvgIpc) is 2.61. The molecule has 0 aromatic rings. The van der Waals surface area contributed by atoms with Crippen LogP contribution in [0.15, 0.2) is 0 Å². The molecular weight excluding hydrogens is 366 g/mol. The third-order valence-corrected chi connectivity index (χ3v) is 11.7. The van der Waals surface area contributed by atoms with E-state index in [0.29, 0.717) is 0 Å². The number of phosphoric ester groups is 1. The van der Waals surface area contributed by atoms with Gasteiger partial charge in [0, 0.05) is 0 Å². The summed E-state index contributed by atoms with van der Waals surface area (Å²) in [4.78, 5) is 8.63. The van der Waals surface area contributed by atoms with Crippen LogP contribution in [0, 0.1) is 0 Å². The van der Waals surface area contributed by atoms with Gasteiger partial charge in [0.1, 0.15) is 0 Å². The monoisotopic (exact) mass is 414 g/mol. The standard InChI is InChI=1S/C16H37P.C4H11O4P/c1-5-9-13-17(14-10-6-2,15-11-7-3)16-12-8-4;1-3-7-9(5,6)8-4-2/h17H,5-16H2,1-4H3;3-4H2,1-2H3,(H,5,6). The molecular formula is C20H48O4P2. The van der Waals surface area contributed by atoms with E-state index >= 15 is 0 Å². The van der Waals surface area contributed by atoms with Crippen LogP contribution in [0.5, 0.6) is 0 Å². The summed E-state index contributed by atoms with van der Waals surface area (Å²) < 4.78 is 19.2. The zero-order chi connectivity index (χ0) is 20.3. The van der Waals surface area contributed by atoms with Crippen molar-refractivity contribution in [3.8, 4) is 0 Å². The number of rotatable bonds is 16. The maximum absolute atomic E-state index is 10.5. The summed E-state index contributed by atoms with van der Waals surface area (Å²) in [6.07, 6.45) is 18.1. The van der Waals surface area contributed by atoms with Crippen molar-refractivity contribution in [2.75, 3.05) is 37.9 Å². The molecule has 0 aliphatic heterocycles. The Hall–Kier alpha value is 0.540. The molecule has 0 aromatic carbocycles. The molecule has 0 radical (unpaired) electrons. The molecule has 26 heavy (non-hydrogen) atoms. The van der Waals surface area contributed by atoms with E-state index in [1.807, 2.05) is 0 Å². The minimum atomic E-state index is -3.69. The van der Waals surface area contributed by atoms with E-state index < -0.39 is 15.1 Å². The van der Waals surface area contributed by atoms with Crippen molar-refractivity contribution in [2.45, 2.75) is 92.9 Å². The van der Waals surface area contributed by atoms with Crippen molar-refractivity contribution in [1.82, 2.24) is 0 Å². The summed E-state index contributed by atoms with van der Waals surface area (Å²) in [5, 5.41) is 0. The summed E-state index contributed by atoms with van der Waals surface area (Å²) in [6, 6.07) is 0. The summed E-state index contributed by atoms with van der Waals surface area (Å²) >= 11 is 0.